The molecule has 25 heavy (non-hydrogen) atoms. The van der Waals surface area contributed by atoms with Gasteiger partial charge in [0.15, 0.2) is 0 Å². The Kier molecular flexibility index (Phi) is 5.51. The van der Waals surface area contributed by atoms with Gasteiger partial charge >= 0.3 is 0 Å². The van der Waals surface area contributed by atoms with Crippen LogP contribution in [0.25, 0.3) is 10.8 Å². The maximum absolute atomic E-state index is 12.2. The van der Waals surface area contributed by atoms with Crippen molar-refractivity contribution in [1.29, 1.82) is 0 Å². The summed E-state index contributed by atoms with van der Waals surface area (Å²) in [5.41, 5.74) is 3.12. The van der Waals surface area contributed by atoms with Crippen LogP contribution >= 0.6 is 47.8 Å². The maximum Gasteiger partial charge on any atom is 0.289 e. The zero-order valence-electron chi connectivity index (χ0n) is 12.5. The molecule has 0 saturated carbocycles. The van der Waals surface area contributed by atoms with Gasteiger partial charge in [-0.25, -0.2) is 5.43 Å². The van der Waals surface area contributed by atoms with Gasteiger partial charge in [0, 0.05) is 26.1 Å². The second kappa shape index (κ2) is 7.63. The number of carbonyl (C=O) groups excluding carboxylic acids is 1. The van der Waals surface area contributed by atoms with Crippen molar-refractivity contribution in [3.8, 4) is 5.75 Å². The first-order chi connectivity index (χ1) is 11.9. The number of pyridine rings is 1. The molecule has 8 heteroatoms. The van der Waals surface area contributed by atoms with Crippen LogP contribution in [-0.4, -0.2) is 22.2 Å². The standard InChI is InChI=1S/C17H10Br3N3O2/c18-12-2-1-9-7-21-15(5-10(9)3-12)17(25)23-22-8-11-4-13(19)6-14(20)16(11)24/h1-8,24H,(H,23,25)/b22-8+. The first-order valence-electron chi connectivity index (χ1n) is 7.01. The van der Waals surface area contributed by atoms with E-state index >= 15 is 0 Å². The first-order valence-corrected chi connectivity index (χ1v) is 9.38. The monoisotopic (exact) mass is 525 g/mol. The molecule has 0 atom stereocenters. The first kappa shape index (κ1) is 18.0. The van der Waals surface area contributed by atoms with E-state index in [4.69, 9.17) is 0 Å². The van der Waals surface area contributed by atoms with E-state index in [0.29, 0.717) is 10.0 Å². The molecule has 0 aliphatic carbocycles. The fourth-order valence-electron chi connectivity index (χ4n) is 2.14. The van der Waals surface area contributed by atoms with Crippen molar-refractivity contribution in [1.82, 2.24) is 10.4 Å². The summed E-state index contributed by atoms with van der Waals surface area (Å²) in [6.07, 6.45) is 3.00. The lowest BCUT2D eigenvalue weighted by Gasteiger charge is -2.04. The van der Waals surface area contributed by atoms with Gasteiger partial charge in [0.1, 0.15) is 11.4 Å². The summed E-state index contributed by atoms with van der Waals surface area (Å²) in [5.74, 6) is -0.401. The van der Waals surface area contributed by atoms with E-state index in [1.165, 1.54) is 6.21 Å². The highest BCUT2D eigenvalue weighted by Gasteiger charge is 2.08. The third-order valence-corrected chi connectivity index (χ3v) is 4.90. The number of phenolic OH excluding ortho intramolecular Hbond substituents is 1. The van der Waals surface area contributed by atoms with E-state index in [0.717, 1.165) is 19.7 Å². The van der Waals surface area contributed by atoms with Gasteiger partial charge in [-0.2, -0.15) is 5.10 Å². The van der Waals surface area contributed by atoms with Gasteiger partial charge < -0.3 is 5.11 Å². The fraction of sp³-hybridized carbons (Fsp3) is 0. The number of hydrogen-bond donors (Lipinski definition) is 2. The number of benzene rings is 2. The third kappa shape index (κ3) is 4.26. The van der Waals surface area contributed by atoms with Crippen molar-refractivity contribution in [3.63, 3.8) is 0 Å². The van der Waals surface area contributed by atoms with Gasteiger partial charge in [0.25, 0.3) is 5.91 Å². The topological polar surface area (TPSA) is 74.6 Å². The van der Waals surface area contributed by atoms with Crippen LogP contribution in [-0.2, 0) is 0 Å². The molecular formula is C17H10Br3N3O2. The number of nitrogens with zero attached hydrogens (tertiary/aromatic N) is 2. The van der Waals surface area contributed by atoms with Crippen LogP contribution in [0.1, 0.15) is 16.1 Å². The Morgan fingerprint density at radius 3 is 2.68 bits per heavy atom. The molecule has 2 N–H and O–H groups in total. The Labute approximate surface area is 168 Å². The number of hydrazone groups is 1. The summed E-state index contributed by atoms with van der Waals surface area (Å²) in [6.45, 7) is 0. The number of amides is 1. The van der Waals surface area contributed by atoms with Crippen molar-refractivity contribution in [3.05, 3.63) is 67.3 Å². The fourth-order valence-corrected chi connectivity index (χ4v) is 3.78. The molecule has 2 aromatic carbocycles. The molecule has 1 amide bonds. The molecule has 0 aliphatic rings. The van der Waals surface area contributed by atoms with E-state index < -0.39 is 5.91 Å². The number of rotatable bonds is 3. The normalized spacial score (nSPS) is 11.2. The van der Waals surface area contributed by atoms with Crippen LogP contribution in [0, 0.1) is 0 Å². The zero-order valence-corrected chi connectivity index (χ0v) is 17.3. The minimum atomic E-state index is -0.438. The minimum absolute atomic E-state index is 0.0369. The Hall–Kier alpha value is -1.77. The lowest BCUT2D eigenvalue weighted by molar-refractivity contribution is 0.0950. The van der Waals surface area contributed by atoms with Crippen LogP contribution in [0.3, 0.4) is 0 Å². The SMILES string of the molecule is O=C(N/N=C/c1cc(Br)cc(Br)c1O)c1cc2cc(Br)ccc2cn1. The minimum Gasteiger partial charge on any atom is -0.506 e. The molecule has 0 unspecified atom stereocenters. The molecule has 3 aromatic rings. The van der Waals surface area contributed by atoms with Crippen LogP contribution in [0.2, 0.25) is 0 Å². The highest BCUT2D eigenvalue weighted by Crippen LogP contribution is 2.30. The average Bonchev–Trinajstić information content (AvgIpc) is 2.58. The molecular weight excluding hydrogens is 518 g/mol. The Morgan fingerprint density at radius 1 is 1.08 bits per heavy atom. The second-order valence-electron chi connectivity index (χ2n) is 5.09. The largest absolute Gasteiger partial charge is 0.506 e. The Balaban J connectivity index is 1.79. The van der Waals surface area contributed by atoms with Gasteiger partial charge in [-0.15, -0.1) is 0 Å². The molecule has 1 aromatic heterocycles. The Morgan fingerprint density at radius 2 is 1.88 bits per heavy atom. The molecule has 0 fully saturated rings. The molecule has 0 saturated heterocycles. The van der Waals surface area contributed by atoms with Crippen LogP contribution in [0.15, 0.2) is 61.1 Å². The summed E-state index contributed by atoms with van der Waals surface area (Å²) in [4.78, 5) is 16.3. The summed E-state index contributed by atoms with van der Waals surface area (Å²) in [6, 6.07) is 10.8. The number of fused-ring (bicyclic) bond motifs is 1. The number of phenols is 1. The van der Waals surface area contributed by atoms with Gasteiger partial charge in [-0.3, -0.25) is 9.78 Å². The molecule has 0 aliphatic heterocycles. The quantitative estimate of drug-likeness (QED) is 0.372. The zero-order chi connectivity index (χ0) is 18.0. The van der Waals surface area contributed by atoms with Crippen molar-refractivity contribution >= 4 is 70.7 Å². The van der Waals surface area contributed by atoms with Crippen LogP contribution < -0.4 is 5.43 Å². The number of aromatic hydroxyl groups is 1. The van der Waals surface area contributed by atoms with Crippen molar-refractivity contribution in [2.75, 3.05) is 0 Å². The van der Waals surface area contributed by atoms with Crippen LogP contribution in [0.4, 0.5) is 0 Å². The van der Waals surface area contributed by atoms with E-state index in [-0.39, 0.29) is 11.4 Å². The highest BCUT2D eigenvalue weighted by molar-refractivity contribution is 9.11. The number of nitrogens with one attached hydrogen (secondary N) is 1. The summed E-state index contributed by atoms with van der Waals surface area (Å²) in [5, 5.41) is 15.7. The molecule has 5 nitrogen and oxygen atoms in total. The lowest BCUT2D eigenvalue weighted by Crippen LogP contribution is -2.18. The van der Waals surface area contributed by atoms with E-state index in [9.17, 15) is 9.90 Å². The van der Waals surface area contributed by atoms with Crippen LogP contribution in [0.5, 0.6) is 5.75 Å². The maximum atomic E-state index is 12.2. The molecule has 126 valence electrons. The lowest BCUT2D eigenvalue weighted by atomic mass is 10.1. The highest BCUT2D eigenvalue weighted by atomic mass is 79.9. The van der Waals surface area contributed by atoms with E-state index in [1.54, 1.807) is 24.4 Å². The molecule has 0 spiro atoms. The molecule has 0 bridgehead atoms. The molecule has 1 heterocycles. The number of halogens is 3. The van der Waals surface area contributed by atoms with Gasteiger partial charge in [0.2, 0.25) is 0 Å². The van der Waals surface area contributed by atoms with Gasteiger partial charge in [-0.1, -0.05) is 37.9 Å². The van der Waals surface area contributed by atoms with E-state index in [1.807, 2.05) is 18.2 Å². The Bertz CT molecular complexity index is 1010. The van der Waals surface area contributed by atoms with Gasteiger partial charge in [-0.05, 0) is 51.6 Å². The predicted molar refractivity (Wildman–Crippen MR) is 108 cm³/mol. The number of aromatic nitrogens is 1. The smallest absolute Gasteiger partial charge is 0.289 e. The summed E-state index contributed by atoms with van der Waals surface area (Å²) >= 11 is 9.97. The number of carbonyl (C=O) groups is 1. The summed E-state index contributed by atoms with van der Waals surface area (Å²) < 4.78 is 2.22. The van der Waals surface area contributed by atoms with Crippen molar-refractivity contribution < 1.29 is 9.90 Å². The third-order valence-electron chi connectivity index (χ3n) is 3.34. The second-order valence-corrected chi connectivity index (χ2v) is 7.77. The molecule has 3 rings (SSSR count). The van der Waals surface area contributed by atoms with Crippen molar-refractivity contribution in [2.24, 2.45) is 5.10 Å². The molecule has 0 radical (unpaired) electrons. The predicted octanol–water partition coefficient (Wildman–Crippen LogP) is 4.99. The van der Waals surface area contributed by atoms with Crippen molar-refractivity contribution in [2.45, 2.75) is 0 Å². The number of hydrogen-bond acceptors (Lipinski definition) is 4. The summed E-state index contributed by atoms with van der Waals surface area (Å²) in [7, 11) is 0. The van der Waals surface area contributed by atoms with E-state index in [2.05, 4.69) is 63.3 Å². The van der Waals surface area contributed by atoms with Gasteiger partial charge in [0.05, 0.1) is 10.7 Å². The average molecular weight is 528 g/mol.